The third-order valence-corrected chi connectivity index (χ3v) is 4.84. The van der Waals surface area contributed by atoms with Crippen LogP contribution in [0.25, 0.3) is 5.69 Å². The number of aliphatic imine (C=N–C) groups is 1. The van der Waals surface area contributed by atoms with Crippen LogP contribution in [0.2, 0.25) is 0 Å². The van der Waals surface area contributed by atoms with Crippen LogP contribution in [-0.2, 0) is 14.3 Å². The van der Waals surface area contributed by atoms with Gasteiger partial charge in [0.2, 0.25) is 0 Å². The van der Waals surface area contributed by atoms with Crippen LogP contribution in [0, 0.1) is 0 Å². The third kappa shape index (κ3) is 3.13. The summed E-state index contributed by atoms with van der Waals surface area (Å²) >= 11 is 2.54. The zero-order valence-corrected chi connectivity index (χ0v) is 14.4. The fraction of sp³-hybridized carbons (Fsp3) is 0.133. The molecule has 0 radical (unpaired) electrons. The molecule has 0 unspecified atom stereocenters. The maximum atomic E-state index is 11.9. The molecule has 2 heterocycles. The van der Waals surface area contributed by atoms with Crippen molar-refractivity contribution in [3.05, 3.63) is 47.0 Å². The van der Waals surface area contributed by atoms with Crippen LogP contribution >= 0.6 is 23.5 Å². The van der Waals surface area contributed by atoms with E-state index in [1.54, 1.807) is 4.68 Å². The van der Waals surface area contributed by atoms with Gasteiger partial charge in [0, 0.05) is 6.08 Å². The van der Waals surface area contributed by atoms with Gasteiger partial charge in [0.25, 0.3) is 5.91 Å². The van der Waals surface area contributed by atoms with Crippen LogP contribution in [0.4, 0.5) is 0 Å². The maximum Gasteiger partial charge on any atom is 0.331 e. The van der Waals surface area contributed by atoms with Gasteiger partial charge in [-0.15, -0.1) is 16.9 Å². The Morgan fingerprint density at radius 1 is 1.33 bits per heavy atom. The summed E-state index contributed by atoms with van der Waals surface area (Å²) in [5.41, 5.74) is 1.37. The van der Waals surface area contributed by atoms with Gasteiger partial charge in [-0.1, -0.05) is 35.2 Å². The second-order valence-corrected chi connectivity index (χ2v) is 6.38. The predicted molar refractivity (Wildman–Crippen MR) is 92.4 cm³/mol. The molecule has 0 bridgehead atoms. The lowest BCUT2D eigenvalue weighted by atomic mass is 10.3. The van der Waals surface area contributed by atoms with Crippen LogP contribution in [0.5, 0.6) is 0 Å². The number of hydrogen-bond acceptors (Lipinski definition) is 7. The highest BCUT2D eigenvalue weighted by Gasteiger charge is 2.29. The molecule has 1 aliphatic rings. The highest BCUT2D eigenvalue weighted by atomic mass is 32.2. The van der Waals surface area contributed by atoms with Crippen molar-refractivity contribution >= 4 is 40.4 Å². The van der Waals surface area contributed by atoms with Crippen molar-refractivity contribution in [2.75, 3.05) is 13.4 Å². The number of para-hydroxylation sites is 1. The minimum Gasteiger partial charge on any atom is -0.466 e. The summed E-state index contributed by atoms with van der Waals surface area (Å²) in [4.78, 5) is 27.4. The molecule has 122 valence electrons. The number of methoxy groups -OCH3 is 1. The van der Waals surface area contributed by atoms with Crippen LogP contribution in [0.3, 0.4) is 0 Å². The standard InChI is InChI=1S/C15H12N4O3S2/c1-22-11(20)8-10-13(21)16-14(24-10)12-15(23-2)19(18-17-12)9-6-4-3-5-7-9/h3-8H,1-2H3/b10-8-. The van der Waals surface area contributed by atoms with Crippen molar-refractivity contribution in [2.45, 2.75) is 5.03 Å². The highest BCUT2D eigenvalue weighted by molar-refractivity contribution is 8.19. The number of esters is 1. The first kappa shape index (κ1) is 16.5. The number of carbonyl (C=O) groups excluding carboxylic acids is 2. The Kier molecular flexibility index (Phi) is 4.81. The van der Waals surface area contributed by atoms with Crippen molar-refractivity contribution in [3.8, 4) is 5.69 Å². The number of rotatable bonds is 4. The Labute approximate surface area is 146 Å². The molecule has 1 aromatic carbocycles. The number of benzene rings is 1. The lowest BCUT2D eigenvalue weighted by Gasteiger charge is -2.04. The van der Waals surface area contributed by atoms with E-state index in [1.807, 2.05) is 36.6 Å². The molecule has 0 N–H and O–H groups in total. The van der Waals surface area contributed by atoms with Crippen molar-refractivity contribution in [1.29, 1.82) is 0 Å². The summed E-state index contributed by atoms with van der Waals surface area (Å²) < 4.78 is 6.23. The lowest BCUT2D eigenvalue weighted by Crippen LogP contribution is -2.00. The molecular formula is C15H12N4O3S2. The predicted octanol–water partition coefficient (Wildman–Crippen LogP) is 2.07. The van der Waals surface area contributed by atoms with Gasteiger partial charge in [-0.25, -0.2) is 9.48 Å². The second kappa shape index (κ2) is 7.02. The smallest absolute Gasteiger partial charge is 0.331 e. The Morgan fingerprint density at radius 3 is 2.75 bits per heavy atom. The van der Waals surface area contributed by atoms with Crippen molar-refractivity contribution < 1.29 is 14.3 Å². The van der Waals surface area contributed by atoms with Crippen molar-refractivity contribution in [2.24, 2.45) is 4.99 Å². The Hall–Kier alpha value is -2.39. The lowest BCUT2D eigenvalue weighted by molar-refractivity contribution is -0.135. The van der Waals surface area contributed by atoms with Gasteiger partial charge in [-0.3, -0.25) is 4.79 Å². The number of carbonyl (C=O) groups is 2. The summed E-state index contributed by atoms with van der Waals surface area (Å²) in [6, 6.07) is 9.55. The van der Waals surface area contributed by atoms with E-state index in [0.29, 0.717) is 10.7 Å². The summed E-state index contributed by atoms with van der Waals surface area (Å²) in [5, 5.41) is 9.50. The maximum absolute atomic E-state index is 11.9. The molecular weight excluding hydrogens is 348 g/mol. The molecule has 0 saturated carbocycles. The first-order chi connectivity index (χ1) is 11.6. The quantitative estimate of drug-likeness (QED) is 0.468. The van der Waals surface area contributed by atoms with Crippen molar-refractivity contribution in [1.82, 2.24) is 15.0 Å². The Bertz CT molecular complexity index is 859. The average Bonchev–Trinajstić information content (AvgIpc) is 3.19. The van der Waals surface area contributed by atoms with E-state index in [0.717, 1.165) is 28.6 Å². The molecule has 0 spiro atoms. The fourth-order valence-electron chi connectivity index (χ4n) is 2.01. The molecule has 1 aliphatic heterocycles. The molecule has 0 fully saturated rings. The largest absolute Gasteiger partial charge is 0.466 e. The van der Waals surface area contributed by atoms with E-state index in [9.17, 15) is 9.59 Å². The zero-order valence-electron chi connectivity index (χ0n) is 12.8. The van der Waals surface area contributed by atoms with E-state index in [1.165, 1.54) is 18.9 Å². The van der Waals surface area contributed by atoms with Gasteiger partial charge >= 0.3 is 5.97 Å². The molecule has 1 aromatic heterocycles. The molecule has 9 heteroatoms. The Balaban J connectivity index is 1.96. The number of ether oxygens (including phenoxy) is 1. The van der Waals surface area contributed by atoms with Gasteiger partial charge < -0.3 is 4.74 Å². The second-order valence-electron chi connectivity index (χ2n) is 4.55. The monoisotopic (exact) mass is 360 g/mol. The normalized spacial score (nSPS) is 15.7. The number of nitrogens with zero attached hydrogens (tertiary/aromatic N) is 4. The van der Waals surface area contributed by atoms with Gasteiger partial charge in [0.15, 0.2) is 5.69 Å². The molecule has 3 rings (SSSR count). The van der Waals surface area contributed by atoms with E-state index in [2.05, 4.69) is 20.0 Å². The summed E-state index contributed by atoms with van der Waals surface area (Å²) in [6.45, 7) is 0. The highest BCUT2D eigenvalue weighted by Crippen LogP contribution is 2.33. The van der Waals surface area contributed by atoms with Crippen LogP contribution < -0.4 is 0 Å². The van der Waals surface area contributed by atoms with Crippen LogP contribution in [0.15, 0.2) is 51.3 Å². The molecule has 2 aromatic rings. The van der Waals surface area contributed by atoms with Gasteiger partial charge in [-0.05, 0) is 18.4 Å². The Morgan fingerprint density at radius 2 is 2.08 bits per heavy atom. The number of amides is 1. The molecule has 24 heavy (non-hydrogen) atoms. The molecule has 1 amide bonds. The van der Waals surface area contributed by atoms with Gasteiger partial charge in [0.05, 0.1) is 17.7 Å². The van der Waals surface area contributed by atoms with E-state index in [4.69, 9.17) is 0 Å². The molecule has 0 aliphatic carbocycles. The van der Waals surface area contributed by atoms with E-state index >= 15 is 0 Å². The fourth-order valence-corrected chi connectivity index (χ4v) is 3.57. The number of aromatic nitrogens is 3. The topological polar surface area (TPSA) is 86.4 Å². The molecule has 0 saturated heterocycles. The zero-order chi connectivity index (χ0) is 17.1. The number of hydrogen-bond donors (Lipinski definition) is 0. The number of thioether (sulfide) groups is 2. The average molecular weight is 360 g/mol. The van der Waals surface area contributed by atoms with Crippen LogP contribution in [-0.4, -0.2) is 45.3 Å². The first-order valence-corrected chi connectivity index (χ1v) is 8.84. The minimum atomic E-state index is -0.597. The first-order valence-electron chi connectivity index (χ1n) is 6.80. The summed E-state index contributed by atoms with van der Waals surface area (Å²) in [5.74, 6) is -1.08. The summed E-state index contributed by atoms with van der Waals surface area (Å²) in [6.07, 6.45) is 3.03. The van der Waals surface area contributed by atoms with Crippen LogP contribution in [0.1, 0.15) is 5.69 Å². The minimum absolute atomic E-state index is 0.207. The van der Waals surface area contributed by atoms with E-state index in [-0.39, 0.29) is 4.91 Å². The van der Waals surface area contributed by atoms with Gasteiger partial charge in [0.1, 0.15) is 10.1 Å². The SMILES string of the molecule is COC(=O)/C=C1\SC(c2nnn(-c3ccccc3)c2SC)=NC1=O. The molecule has 0 atom stereocenters. The molecule has 7 nitrogen and oxygen atoms in total. The van der Waals surface area contributed by atoms with Gasteiger partial charge in [-0.2, -0.15) is 4.99 Å². The third-order valence-electron chi connectivity index (χ3n) is 3.10. The summed E-state index contributed by atoms with van der Waals surface area (Å²) in [7, 11) is 1.25. The van der Waals surface area contributed by atoms with E-state index < -0.39 is 11.9 Å². The van der Waals surface area contributed by atoms with Crippen molar-refractivity contribution in [3.63, 3.8) is 0 Å².